The molecule has 0 aliphatic rings. The predicted octanol–water partition coefficient (Wildman–Crippen LogP) is 14.5. The Hall–Kier alpha value is -7.49. The average Bonchev–Trinajstić information content (AvgIpc) is 3.85. The molecule has 10 aromatic carbocycles. The van der Waals surface area contributed by atoms with Gasteiger partial charge in [-0.15, -0.1) is 0 Å². The third-order valence-electron chi connectivity index (χ3n) is 11.6. The van der Waals surface area contributed by atoms with Gasteiger partial charge in [0.2, 0.25) is 0 Å². The third kappa shape index (κ3) is 4.49. The first-order valence-electron chi connectivity index (χ1n) is 19.1. The molecule has 2 aromatic heterocycles. The van der Waals surface area contributed by atoms with Crippen molar-refractivity contribution in [2.75, 3.05) is 0 Å². The lowest BCUT2D eigenvalue weighted by Gasteiger charge is -2.18. The summed E-state index contributed by atoms with van der Waals surface area (Å²) in [5, 5.41) is 12.0. The number of benzene rings is 10. The van der Waals surface area contributed by atoms with Gasteiger partial charge in [0, 0.05) is 27.4 Å². The summed E-state index contributed by atoms with van der Waals surface area (Å²) in [6, 6.07) is 69.6. The van der Waals surface area contributed by atoms with Crippen LogP contribution in [0.2, 0.25) is 0 Å². The van der Waals surface area contributed by atoms with Crippen LogP contribution in [0.4, 0.5) is 0 Å². The molecular formula is C53H32N2O. The molecule has 0 unspecified atom stereocenters. The largest absolute Gasteiger partial charge is 0.455 e. The van der Waals surface area contributed by atoms with Crippen molar-refractivity contribution in [3.05, 3.63) is 194 Å². The number of aromatic nitrogens is 2. The van der Waals surface area contributed by atoms with Gasteiger partial charge in [0.05, 0.1) is 11.0 Å². The van der Waals surface area contributed by atoms with Crippen LogP contribution >= 0.6 is 0 Å². The maximum atomic E-state index is 6.70. The molecule has 0 fully saturated rings. The van der Waals surface area contributed by atoms with Gasteiger partial charge in [-0.3, -0.25) is 4.57 Å². The molecule has 12 rings (SSSR count). The van der Waals surface area contributed by atoms with E-state index in [1.54, 1.807) is 0 Å². The second-order valence-corrected chi connectivity index (χ2v) is 14.6. The molecule has 0 spiro atoms. The zero-order valence-electron chi connectivity index (χ0n) is 30.3. The molecule has 0 aliphatic carbocycles. The minimum Gasteiger partial charge on any atom is -0.455 e. The lowest BCUT2D eigenvalue weighted by atomic mass is 9.85. The highest BCUT2D eigenvalue weighted by atomic mass is 16.3. The zero-order chi connectivity index (χ0) is 36.7. The molecule has 0 amide bonds. The first-order chi connectivity index (χ1) is 27.8. The Kier molecular flexibility index (Phi) is 6.63. The first kappa shape index (κ1) is 30.9. The number of furan rings is 1. The van der Waals surface area contributed by atoms with Crippen LogP contribution in [-0.2, 0) is 0 Å². The summed E-state index contributed by atoms with van der Waals surface area (Å²) in [5.41, 5.74) is 10.9. The van der Waals surface area contributed by atoms with Crippen molar-refractivity contribution >= 4 is 76.1 Å². The molecule has 0 N–H and O–H groups in total. The smallest absolute Gasteiger partial charge is 0.145 e. The standard InChI is InChI=1S/C53H32N2O/c1-2-14-34(15-3-1)53-54-46-24-12-13-25-47(46)55(53)36-29-26-33(27-30-36)49-40-19-7-9-21-42(40)50(43-22-10-8-20-41(43)49)35-28-31-48-45(32-35)51-39-18-6-4-16-37(39)38-17-5-11-23-44(38)52(51)56-48/h1-32H. The monoisotopic (exact) mass is 712 g/mol. The number of para-hydroxylation sites is 2. The highest BCUT2D eigenvalue weighted by molar-refractivity contribution is 6.31. The van der Waals surface area contributed by atoms with Gasteiger partial charge in [-0.05, 0) is 96.4 Å². The fourth-order valence-corrected chi connectivity index (χ4v) is 9.16. The van der Waals surface area contributed by atoms with Crippen LogP contribution in [0, 0.1) is 0 Å². The van der Waals surface area contributed by atoms with E-state index in [-0.39, 0.29) is 0 Å². The molecular weight excluding hydrogens is 681 g/mol. The molecule has 3 nitrogen and oxygen atoms in total. The van der Waals surface area contributed by atoms with Gasteiger partial charge in [0.25, 0.3) is 0 Å². The van der Waals surface area contributed by atoms with Gasteiger partial charge in [0.15, 0.2) is 0 Å². The van der Waals surface area contributed by atoms with Gasteiger partial charge in [-0.2, -0.15) is 0 Å². The topological polar surface area (TPSA) is 31.0 Å². The van der Waals surface area contributed by atoms with Crippen LogP contribution in [0.1, 0.15) is 0 Å². The number of rotatable bonds is 4. The Labute approximate surface area is 322 Å². The second-order valence-electron chi connectivity index (χ2n) is 14.6. The van der Waals surface area contributed by atoms with Crippen molar-refractivity contribution < 1.29 is 4.42 Å². The van der Waals surface area contributed by atoms with E-state index in [2.05, 4.69) is 193 Å². The summed E-state index contributed by atoms with van der Waals surface area (Å²) in [7, 11) is 0. The maximum Gasteiger partial charge on any atom is 0.145 e. The number of imidazole rings is 1. The van der Waals surface area contributed by atoms with Gasteiger partial charge in [0.1, 0.15) is 17.0 Å². The molecule has 0 saturated heterocycles. The Balaban J connectivity index is 1.07. The highest BCUT2D eigenvalue weighted by Gasteiger charge is 2.21. The number of nitrogens with zero attached hydrogens (tertiary/aromatic N) is 2. The molecule has 12 aromatic rings. The minimum absolute atomic E-state index is 0.900. The maximum absolute atomic E-state index is 6.70. The quantitative estimate of drug-likeness (QED) is 0.134. The summed E-state index contributed by atoms with van der Waals surface area (Å²) < 4.78 is 8.98. The van der Waals surface area contributed by atoms with Crippen molar-refractivity contribution in [3.8, 4) is 39.3 Å². The molecule has 56 heavy (non-hydrogen) atoms. The third-order valence-corrected chi connectivity index (χ3v) is 11.6. The summed E-state index contributed by atoms with van der Waals surface area (Å²) in [6.07, 6.45) is 0. The van der Waals surface area contributed by atoms with E-state index in [9.17, 15) is 0 Å². The second kappa shape index (κ2) is 12.0. The van der Waals surface area contributed by atoms with Crippen molar-refractivity contribution in [1.29, 1.82) is 0 Å². The van der Waals surface area contributed by atoms with Gasteiger partial charge < -0.3 is 4.42 Å². The number of hydrogen-bond donors (Lipinski definition) is 0. The van der Waals surface area contributed by atoms with Gasteiger partial charge >= 0.3 is 0 Å². The highest BCUT2D eigenvalue weighted by Crippen LogP contribution is 2.46. The Morgan fingerprint density at radius 1 is 0.375 bits per heavy atom. The molecule has 2 heterocycles. The Bertz CT molecular complexity index is 3460. The van der Waals surface area contributed by atoms with E-state index in [0.717, 1.165) is 50.0 Å². The molecule has 0 bridgehead atoms. The summed E-state index contributed by atoms with van der Waals surface area (Å²) >= 11 is 0. The lowest BCUT2D eigenvalue weighted by Crippen LogP contribution is -1.97. The predicted molar refractivity (Wildman–Crippen MR) is 235 cm³/mol. The molecule has 3 heteroatoms. The Morgan fingerprint density at radius 2 is 0.893 bits per heavy atom. The number of fused-ring (bicyclic) bond motifs is 11. The van der Waals surface area contributed by atoms with Crippen LogP contribution in [0.25, 0.3) is 115 Å². The lowest BCUT2D eigenvalue weighted by molar-refractivity contribution is 0.673. The van der Waals surface area contributed by atoms with Crippen LogP contribution in [0.5, 0.6) is 0 Å². The van der Waals surface area contributed by atoms with Crippen molar-refractivity contribution in [1.82, 2.24) is 9.55 Å². The Morgan fingerprint density at radius 3 is 1.57 bits per heavy atom. The van der Waals surface area contributed by atoms with E-state index in [1.165, 1.54) is 65.3 Å². The fraction of sp³-hybridized carbons (Fsp3) is 0. The van der Waals surface area contributed by atoms with Crippen molar-refractivity contribution in [3.63, 3.8) is 0 Å². The first-order valence-corrected chi connectivity index (χ1v) is 19.1. The summed E-state index contributed by atoms with van der Waals surface area (Å²) in [4.78, 5) is 5.08. The molecule has 0 saturated carbocycles. The fourth-order valence-electron chi connectivity index (χ4n) is 9.16. The van der Waals surface area contributed by atoms with Crippen LogP contribution in [0.3, 0.4) is 0 Å². The van der Waals surface area contributed by atoms with Crippen LogP contribution in [0.15, 0.2) is 199 Å². The van der Waals surface area contributed by atoms with E-state index >= 15 is 0 Å². The SMILES string of the molecule is c1ccc(-c2nc3ccccc3n2-c2ccc(-c3c4ccccc4c(-c4ccc5oc6c7ccccc7c7ccccc7c6c5c4)c4ccccc34)cc2)cc1. The molecule has 260 valence electrons. The van der Waals surface area contributed by atoms with Gasteiger partial charge in [-0.25, -0.2) is 4.98 Å². The van der Waals surface area contributed by atoms with E-state index in [4.69, 9.17) is 9.40 Å². The summed E-state index contributed by atoms with van der Waals surface area (Å²) in [5.74, 6) is 0.934. The van der Waals surface area contributed by atoms with Gasteiger partial charge in [-0.1, -0.05) is 158 Å². The van der Waals surface area contributed by atoms with Crippen LogP contribution in [-0.4, -0.2) is 9.55 Å². The summed E-state index contributed by atoms with van der Waals surface area (Å²) in [6.45, 7) is 0. The van der Waals surface area contributed by atoms with Crippen LogP contribution < -0.4 is 0 Å². The molecule has 0 atom stereocenters. The molecule has 0 aliphatic heterocycles. The minimum atomic E-state index is 0.900. The van der Waals surface area contributed by atoms with E-state index < -0.39 is 0 Å². The van der Waals surface area contributed by atoms with Crippen molar-refractivity contribution in [2.24, 2.45) is 0 Å². The number of hydrogen-bond acceptors (Lipinski definition) is 2. The molecule has 0 radical (unpaired) electrons. The van der Waals surface area contributed by atoms with E-state index in [0.29, 0.717) is 0 Å². The normalized spacial score (nSPS) is 11.9. The average molecular weight is 713 g/mol. The van der Waals surface area contributed by atoms with Crippen molar-refractivity contribution in [2.45, 2.75) is 0 Å². The zero-order valence-corrected chi connectivity index (χ0v) is 30.3. The van der Waals surface area contributed by atoms with E-state index in [1.807, 2.05) is 6.07 Å².